The van der Waals surface area contributed by atoms with E-state index in [4.69, 9.17) is 16.3 Å². The van der Waals surface area contributed by atoms with Gasteiger partial charge in [-0.25, -0.2) is 4.39 Å². The minimum atomic E-state index is -1.11. The second-order valence-corrected chi connectivity index (χ2v) is 11.2. The van der Waals surface area contributed by atoms with E-state index < -0.39 is 28.7 Å². The molecule has 0 radical (unpaired) electrons. The third-order valence-electron chi connectivity index (χ3n) is 8.42. The Balaban J connectivity index is 1.27. The summed E-state index contributed by atoms with van der Waals surface area (Å²) in [7, 11) is 0. The van der Waals surface area contributed by atoms with Crippen LogP contribution in [0.25, 0.3) is 0 Å². The van der Waals surface area contributed by atoms with Crippen LogP contribution in [-0.4, -0.2) is 58.4 Å². The first-order chi connectivity index (χ1) is 15.7. The topological polar surface area (TPSA) is 111 Å². The lowest BCUT2D eigenvalue weighted by Gasteiger charge is -2.56. The zero-order valence-corrected chi connectivity index (χ0v) is 19.8. The van der Waals surface area contributed by atoms with Crippen molar-refractivity contribution in [3.8, 4) is 6.07 Å². The van der Waals surface area contributed by atoms with Crippen LogP contribution in [0.15, 0.2) is 0 Å². The molecule has 3 N–H and O–H groups in total. The Hall–Kier alpha value is -1.43. The van der Waals surface area contributed by atoms with Crippen LogP contribution in [-0.2, 0) is 14.3 Å². The summed E-state index contributed by atoms with van der Waals surface area (Å²) in [5, 5.41) is 25.9. The molecule has 2 bridgehead atoms. The van der Waals surface area contributed by atoms with E-state index in [-0.39, 0.29) is 42.8 Å². The molecule has 0 aromatic carbocycles. The number of halogens is 2. The summed E-state index contributed by atoms with van der Waals surface area (Å²) in [6, 6.07) is 2.29. The Labute approximate surface area is 199 Å². The number of amides is 2. The van der Waals surface area contributed by atoms with Crippen molar-refractivity contribution in [2.24, 2.45) is 11.8 Å². The maximum Gasteiger partial charge on any atom is 0.246 e. The van der Waals surface area contributed by atoms with Crippen LogP contribution in [0, 0.1) is 23.2 Å². The molecule has 0 spiro atoms. The number of nitrogens with zero attached hydrogens (tertiary/aromatic N) is 1. The van der Waals surface area contributed by atoms with E-state index in [1.807, 2.05) is 0 Å². The fourth-order valence-electron chi connectivity index (χ4n) is 6.27. The van der Waals surface area contributed by atoms with Crippen molar-refractivity contribution < 1.29 is 23.8 Å². The summed E-state index contributed by atoms with van der Waals surface area (Å²) >= 11 is 5.91. The number of aliphatic hydroxyl groups excluding tert-OH is 1. The maximum atomic E-state index is 13.8. The molecule has 5 rings (SSSR count). The molecule has 0 aliphatic heterocycles. The van der Waals surface area contributed by atoms with Gasteiger partial charge in [0.2, 0.25) is 11.8 Å². The first-order valence-corrected chi connectivity index (χ1v) is 12.8. The van der Waals surface area contributed by atoms with Crippen LogP contribution in [0.3, 0.4) is 0 Å². The largest absolute Gasteiger partial charge is 0.391 e. The summed E-state index contributed by atoms with van der Waals surface area (Å²) in [6.45, 7) is -0.133. The third kappa shape index (κ3) is 5.47. The summed E-state index contributed by atoms with van der Waals surface area (Å²) in [4.78, 5) is 25.5. The van der Waals surface area contributed by atoms with Gasteiger partial charge in [0.25, 0.3) is 0 Å². The molecule has 0 aromatic heterocycles. The van der Waals surface area contributed by atoms with Gasteiger partial charge in [-0.15, -0.1) is 11.6 Å². The molecule has 5 saturated carbocycles. The fourth-order valence-corrected chi connectivity index (χ4v) is 6.50. The molecule has 5 aliphatic rings. The number of carbonyl (C=O) groups excluding carboxylic acids is 2. The fraction of sp³-hybridized carbons (Fsp3) is 0.875. The smallest absolute Gasteiger partial charge is 0.246 e. The first-order valence-electron chi connectivity index (χ1n) is 12.3. The van der Waals surface area contributed by atoms with E-state index in [0.717, 1.165) is 19.3 Å². The van der Waals surface area contributed by atoms with Crippen LogP contribution in [0.1, 0.15) is 77.0 Å². The van der Waals surface area contributed by atoms with Crippen LogP contribution in [0.5, 0.6) is 0 Å². The molecule has 5 fully saturated rings. The number of rotatable bonds is 6. The summed E-state index contributed by atoms with van der Waals surface area (Å²) in [5.41, 5.74) is -1.16. The van der Waals surface area contributed by atoms with E-state index in [2.05, 4.69) is 16.7 Å². The average molecular weight is 484 g/mol. The van der Waals surface area contributed by atoms with Gasteiger partial charge in [0.1, 0.15) is 12.8 Å². The van der Waals surface area contributed by atoms with E-state index in [0.29, 0.717) is 51.4 Å². The van der Waals surface area contributed by atoms with Gasteiger partial charge in [-0.2, -0.15) is 5.26 Å². The number of carbonyl (C=O) groups is 2. The summed E-state index contributed by atoms with van der Waals surface area (Å²) < 4.78 is 19.4. The van der Waals surface area contributed by atoms with Gasteiger partial charge in [-0.3, -0.25) is 9.59 Å². The van der Waals surface area contributed by atoms with Gasteiger partial charge in [0.05, 0.1) is 29.2 Å². The van der Waals surface area contributed by atoms with Gasteiger partial charge < -0.3 is 20.5 Å². The SMILES string of the molecule is N#CC1CCCC(C(=O)NC23CCC(NC(=O)COC4CCC(Cl)C(F)C4)(CC2)CC3O)C1. The number of aliphatic hydroxyl groups is 1. The molecule has 9 heteroatoms. The third-order valence-corrected chi connectivity index (χ3v) is 8.91. The zero-order valence-electron chi connectivity index (χ0n) is 19.0. The highest BCUT2D eigenvalue weighted by molar-refractivity contribution is 6.21. The standard InChI is InChI=1S/C24H35ClFN3O4/c25-18-5-4-17(11-19(18)26)33-14-21(31)28-23-6-8-24(9-7-23,20(30)12-23)29-22(32)16-3-1-2-15(10-16)13-27/h15-20,30H,1-12,14H2,(H,28,31)(H,29,32). The van der Waals surface area contributed by atoms with Gasteiger partial charge >= 0.3 is 0 Å². The zero-order chi connectivity index (χ0) is 23.6. The number of hydrogen-bond donors (Lipinski definition) is 3. The van der Waals surface area contributed by atoms with Crippen LogP contribution in [0.4, 0.5) is 4.39 Å². The second-order valence-electron chi connectivity index (χ2n) is 10.7. The lowest BCUT2D eigenvalue weighted by molar-refractivity contribution is -0.141. The monoisotopic (exact) mass is 483 g/mol. The van der Waals surface area contributed by atoms with Crippen molar-refractivity contribution in [1.82, 2.24) is 10.6 Å². The number of nitrogens with one attached hydrogen (secondary N) is 2. The van der Waals surface area contributed by atoms with Crippen LogP contribution < -0.4 is 10.6 Å². The quantitative estimate of drug-likeness (QED) is 0.503. The number of alkyl halides is 2. The average Bonchev–Trinajstić information content (AvgIpc) is 2.81. The highest BCUT2D eigenvalue weighted by atomic mass is 35.5. The molecule has 0 aromatic rings. The lowest BCUT2D eigenvalue weighted by atomic mass is 9.59. The van der Waals surface area contributed by atoms with Crippen molar-refractivity contribution in [3.63, 3.8) is 0 Å². The van der Waals surface area contributed by atoms with Crippen LogP contribution in [0.2, 0.25) is 0 Å². The van der Waals surface area contributed by atoms with Crippen molar-refractivity contribution in [2.45, 2.75) is 112 Å². The molecule has 6 unspecified atom stereocenters. The minimum absolute atomic E-state index is 0.0568. The van der Waals surface area contributed by atoms with E-state index in [1.165, 1.54) is 0 Å². The number of nitriles is 1. The van der Waals surface area contributed by atoms with Crippen molar-refractivity contribution >= 4 is 23.4 Å². The molecule has 6 atom stereocenters. The Morgan fingerprint density at radius 1 is 1.12 bits per heavy atom. The molecule has 33 heavy (non-hydrogen) atoms. The van der Waals surface area contributed by atoms with Gasteiger partial charge in [0.15, 0.2) is 0 Å². The van der Waals surface area contributed by atoms with Gasteiger partial charge in [-0.1, -0.05) is 6.42 Å². The highest BCUT2D eigenvalue weighted by Gasteiger charge is 2.55. The Kier molecular flexibility index (Phi) is 7.52. The molecule has 184 valence electrons. The van der Waals surface area contributed by atoms with E-state index in [1.54, 1.807) is 0 Å². The van der Waals surface area contributed by atoms with Gasteiger partial charge in [-0.05, 0) is 64.2 Å². The molecule has 2 amide bonds. The number of ether oxygens (including phenoxy) is 1. The van der Waals surface area contributed by atoms with Crippen LogP contribution >= 0.6 is 11.6 Å². The summed E-state index contributed by atoms with van der Waals surface area (Å²) in [5.74, 6) is -0.554. The number of fused-ring (bicyclic) bond motifs is 3. The van der Waals surface area contributed by atoms with Crippen molar-refractivity contribution in [1.29, 1.82) is 5.26 Å². The van der Waals surface area contributed by atoms with Crippen molar-refractivity contribution in [2.75, 3.05) is 6.61 Å². The van der Waals surface area contributed by atoms with E-state index >= 15 is 0 Å². The lowest BCUT2D eigenvalue weighted by Crippen LogP contribution is -2.70. The molecular formula is C24H35ClFN3O4. The Morgan fingerprint density at radius 3 is 2.55 bits per heavy atom. The Bertz CT molecular complexity index is 782. The Morgan fingerprint density at radius 2 is 1.88 bits per heavy atom. The van der Waals surface area contributed by atoms with Crippen molar-refractivity contribution in [3.05, 3.63) is 0 Å². The first kappa shape index (κ1) is 24.7. The summed E-state index contributed by atoms with van der Waals surface area (Å²) in [6.07, 6.45) is 5.26. The second kappa shape index (κ2) is 10.1. The maximum absolute atomic E-state index is 13.8. The highest BCUT2D eigenvalue weighted by Crippen LogP contribution is 2.47. The predicted octanol–water partition coefficient (Wildman–Crippen LogP) is 2.88. The van der Waals surface area contributed by atoms with E-state index in [9.17, 15) is 24.3 Å². The molecule has 0 saturated heterocycles. The number of hydrogen-bond acceptors (Lipinski definition) is 5. The molecule has 0 heterocycles. The normalized spacial score (nSPS) is 42.8. The van der Waals surface area contributed by atoms with Gasteiger partial charge in [0, 0.05) is 23.8 Å². The molecule has 5 aliphatic carbocycles. The minimum Gasteiger partial charge on any atom is -0.391 e. The molecular weight excluding hydrogens is 449 g/mol. The predicted molar refractivity (Wildman–Crippen MR) is 120 cm³/mol. The molecule has 7 nitrogen and oxygen atoms in total.